The molecular weight excluding hydrogens is 769 g/mol. The van der Waals surface area contributed by atoms with Crippen LogP contribution in [-0.2, 0) is 39.4 Å². The molecule has 0 aliphatic heterocycles. The number of nitriles is 1. The highest BCUT2D eigenvalue weighted by molar-refractivity contribution is 8.76. The number of ether oxygens (including phenoxy) is 1. The summed E-state index contributed by atoms with van der Waals surface area (Å²) in [6.07, 6.45) is -2.95. The van der Waals surface area contributed by atoms with Crippen molar-refractivity contribution in [2.24, 2.45) is 0 Å². The molecule has 3 atom stereocenters. The second-order valence-corrected chi connectivity index (χ2v) is 16.0. The fraction of sp³-hybridized carbons (Fsp3) is 0.543. The number of benzene rings is 1. The van der Waals surface area contributed by atoms with E-state index in [1.165, 1.54) is 21.6 Å². The molecule has 1 aromatic carbocycles. The number of hydrogen-bond donors (Lipinski definition) is 3. The maximum Gasteiger partial charge on any atom is 0.471 e. The summed E-state index contributed by atoms with van der Waals surface area (Å²) >= 11 is 0. The zero-order valence-electron chi connectivity index (χ0n) is 30.7. The van der Waals surface area contributed by atoms with Crippen LogP contribution in [0.25, 0.3) is 0 Å². The summed E-state index contributed by atoms with van der Waals surface area (Å²) in [5, 5.41) is 16.8. The maximum atomic E-state index is 13.7. The van der Waals surface area contributed by atoms with Gasteiger partial charge in [-0.3, -0.25) is 14.4 Å². The van der Waals surface area contributed by atoms with Crippen molar-refractivity contribution in [3.63, 3.8) is 0 Å². The highest BCUT2D eigenvalue weighted by Gasteiger charge is 2.38. The summed E-state index contributed by atoms with van der Waals surface area (Å²) in [7, 11) is 0.933. The minimum atomic E-state index is -5.03. The number of esters is 1. The Bertz CT molecular complexity index is 1470. The van der Waals surface area contributed by atoms with Gasteiger partial charge in [0.2, 0.25) is 11.8 Å². The molecule has 0 bridgehead atoms. The number of nitrogens with zero attached hydrogens (tertiary/aromatic N) is 3. The van der Waals surface area contributed by atoms with Gasteiger partial charge >= 0.3 is 18.1 Å². The van der Waals surface area contributed by atoms with Gasteiger partial charge in [0.15, 0.2) is 0 Å². The number of carbonyl (C=O) groups excluding carboxylic acids is 4. The second-order valence-electron chi connectivity index (χ2n) is 12.2. The number of carbonyl (C=O) groups is 4. The van der Waals surface area contributed by atoms with Crippen molar-refractivity contribution in [2.45, 2.75) is 95.2 Å². The van der Waals surface area contributed by atoms with E-state index in [0.29, 0.717) is 5.03 Å². The Balaban J connectivity index is 2.13. The molecule has 0 spiro atoms. The Labute approximate surface area is 323 Å². The maximum absolute atomic E-state index is 13.7. The Hall–Kier alpha value is -3.46. The fourth-order valence-electron chi connectivity index (χ4n) is 4.80. The molecule has 1 aromatic heterocycles. The van der Waals surface area contributed by atoms with Crippen LogP contribution >= 0.6 is 30.1 Å². The molecule has 0 aliphatic rings. The number of alkyl halides is 3. The SMILES string of the molecule is CC(C)N(C(C)C)P(OCCC#N)OCCOC(=O)C(CCCCNC(=O)C(F)(F)F)NC(=O)C(Cc1ccccc1)NC(=O)CSSc1ccccn1. The topological polar surface area (TPSA) is 172 Å². The fourth-order valence-corrected chi connectivity index (χ4v) is 8.14. The van der Waals surface area contributed by atoms with Crippen molar-refractivity contribution in [3.05, 3.63) is 60.3 Å². The molecule has 0 fully saturated rings. The van der Waals surface area contributed by atoms with Gasteiger partial charge < -0.3 is 29.7 Å². The van der Waals surface area contributed by atoms with Crippen LogP contribution in [0.4, 0.5) is 13.2 Å². The minimum absolute atomic E-state index is 0.00272. The van der Waals surface area contributed by atoms with Crippen LogP contribution in [0.1, 0.15) is 58.9 Å². The molecular formula is C35H48F3N6O7PS2. The number of amides is 3. The lowest BCUT2D eigenvalue weighted by molar-refractivity contribution is -0.173. The van der Waals surface area contributed by atoms with Gasteiger partial charge in [0.1, 0.15) is 23.7 Å². The monoisotopic (exact) mass is 816 g/mol. The average molecular weight is 817 g/mol. The van der Waals surface area contributed by atoms with Crippen molar-refractivity contribution in [1.29, 1.82) is 5.26 Å². The number of rotatable bonds is 25. The summed E-state index contributed by atoms with van der Waals surface area (Å²) in [6, 6.07) is 14.1. The minimum Gasteiger partial charge on any atom is -0.462 e. The average Bonchev–Trinajstić information content (AvgIpc) is 3.12. The summed E-state index contributed by atoms with van der Waals surface area (Å²) in [5.74, 6) is -3.99. The molecule has 2 aromatic rings. The molecule has 3 N–H and O–H groups in total. The third-order valence-corrected chi connectivity index (χ3v) is 11.4. The number of hydrogen-bond acceptors (Lipinski definition) is 12. The van der Waals surface area contributed by atoms with Crippen LogP contribution in [0.5, 0.6) is 0 Å². The molecule has 19 heteroatoms. The van der Waals surface area contributed by atoms with E-state index in [9.17, 15) is 32.3 Å². The van der Waals surface area contributed by atoms with E-state index < -0.39 is 50.5 Å². The number of aromatic nitrogens is 1. The molecule has 1 heterocycles. The molecule has 13 nitrogen and oxygen atoms in total. The largest absolute Gasteiger partial charge is 0.471 e. The molecule has 3 amide bonds. The first-order valence-electron chi connectivity index (χ1n) is 17.3. The van der Waals surface area contributed by atoms with E-state index in [2.05, 4.69) is 15.6 Å². The normalized spacial score (nSPS) is 13.2. The number of pyridine rings is 1. The van der Waals surface area contributed by atoms with E-state index in [0.717, 1.165) is 5.56 Å². The summed E-state index contributed by atoms with van der Waals surface area (Å²) in [6.45, 7) is 7.46. The van der Waals surface area contributed by atoms with Crippen molar-refractivity contribution in [1.82, 2.24) is 25.6 Å². The Kier molecular flexibility index (Phi) is 22.1. The van der Waals surface area contributed by atoms with Gasteiger partial charge in [-0.25, -0.2) is 14.4 Å². The first-order chi connectivity index (χ1) is 25.7. The standard InChI is InChI=1S/C35H48F3N6O7PS2/c1-25(2)44(26(3)4)52(50-20-12-17-39)51-22-21-49-33(47)28(15-8-10-19-41-34(48)35(36,37)38)43-32(46)29(23-27-13-6-5-7-14-27)42-30(45)24-53-54-31-16-9-11-18-40-31/h5-7,9,11,13-14,16,18,25-26,28-29H,8,10,12,15,19-24H2,1-4H3,(H,41,48)(H,42,45)(H,43,46). The smallest absolute Gasteiger partial charge is 0.462 e. The van der Waals surface area contributed by atoms with E-state index in [-0.39, 0.29) is 76.3 Å². The van der Waals surface area contributed by atoms with Crippen molar-refractivity contribution >= 4 is 53.8 Å². The quantitative estimate of drug-likeness (QED) is 0.0483. The van der Waals surface area contributed by atoms with Gasteiger partial charge in [-0.1, -0.05) is 47.2 Å². The first-order valence-corrected chi connectivity index (χ1v) is 20.7. The molecule has 0 aliphatic carbocycles. The van der Waals surface area contributed by atoms with Gasteiger partial charge in [-0.15, -0.1) is 0 Å². The molecule has 54 heavy (non-hydrogen) atoms. The summed E-state index contributed by atoms with van der Waals surface area (Å²) in [4.78, 5) is 55.5. The molecule has 3 unspecified atom stereocenters. The van der Waals surface area contributed by atoms with Gasteiger partial charge in [0.25, 0.3) is 8.53 Å². The van der Waals surface area contributed by atoms with Crippen LogP contribution in [0.2, 0.25) is 0 Å². The Morgan fingerprint density at radius 3 is 2.24 bits per heavy atom. The van der Waals surface area contributed by atoms with Gasteiger partial charge in [0.05, 0.1) is 31.5 Å². The van der Waals surface area contributed by atoms with E-state index >= 15 is 0 Å². The Morgan fingerprint density at radius 1 is 0.926 bits per heavy atom. The van der Waals surface area contributed by atoms with E-state index in [4.69, 9.17) is 19.0 Å². The van der Waals surface area contributed by atoms with Crippen LogP contribution in [0.15, 0.2) is 59.8 Å². The second kappa shape index (κ2) is 25.6. The van der Waals surface area contributed by atoms with Crippen molar-refractivity contribution in [2.75, 3.05) is 32.1 Å². The van der Waals surface area contributed by atoms with Crippen LogP contribution in [-0.4, -0.2) is 95.8 Å². The van der Waals surface area contributed by atoms with E-state index in [1.54, 1.807) is 54.0 Å². The molecule has 0 saturated heterocycles. The number of nitrogens with one attached hydrogen (secondary N) is 3. The lowest BCUT2D eigenvalue weighted by Crippen LogP contribution is -2.53. The predicted molar refractivity (Wildman–Crippen MR) is 202 cm³/mol. The predicted octanol–water partition coefficient (Wildman–Crippen LogP) is 5.72. The number of halogens is 3. The van der Waals surface area contributed by atoms with Crippen molar-refractivity contribution in [3.8, 4) is 6.07 Å². The molecule has 0 saturated carbocycles. The zero-order valence-corrected chi connectivity index (χ0v) is 33.2. The highest BCUT2D eigenvalue weighted by atomic mass is 33.1. The molecule has 0 radical (unpaired) electrons. The molecule has 298 valence electrons. The lowest BCUT2D eigenvalue weighted by Gasteiger charge is -2.35. The van der Waals surface area contributed by atoms with Crippen LogP contribution in [0.3, 0.4) is 0 Å². The van der Waals surface area contributed by atoms with Gasteiger partial charge in [-0.05, 0) is 75.4 Å². The lowest BCUT2D eigenvalue weighted by atomic mass is 10.0. The summed E-state index contributed by atoms with van der Waals surface area (Å²) < 4.78 is 57.1. The van der Waals surface area contributed by atoms with Gasteiger partial charge in [0, 0.05) is 31.2 Å². The molecule has 2 rings (SSSR count). The zero-order chi connectivity index (χ0) is 39.9. The van der Waals surface area contributed by atoms with Gasteiger partial charge in [-0.2, -0.15) is 18.4 Å². The third kappa shape index (κ3) is 18.7. The van der Waals surface area contributed by atoms with Crippen LogP contribution < -0.4 is 16.0 Å². The Morgan fingerprint density at radius 2 is 1.61 bits per heavy atom. The first kappa shape index (κ1) is 46.7. The van der Waals surface area contributed by atoms with Crippen molar-refractivity contribution < 1.29 is 46.1 Å². The third-order valence-electron chi connectivity index (χ3n) is 7.16. The highest BCUT2D eigenvalue weighted by Crippen LogP contribution is 2.45. The summed E-state index contributed by atoms with van der Waals surface area (Å²) in [5.41, 5.74) is 0.746. The van der Waals surface area contributed by atoms with E-state index in [1.807, 2.05) is 44.5 Å². The van der Waals surface area contributed by atoms with Crippen LogP contribution in [0, 0.1) is 11.3 Å². The number of unbranched alkanes of at least 4 members (excludes halogenated alkanes) is 1.